The Hall–Kier alpha value is -3.02. The van der Waals surface area contributed by atoms with Crippen LogP contribution in [0.3, 0.4) is 0 Å². The minimum absolute atomic E-state index is 0.0407. The molecule has 2 rings (SSSR count). The van der Waals surface area contributed by atoms with Gasteiger partial charge >= 0.3 is 0 Å². The maximum absolute atomic E-state index is 13.4. The predicted octanol–water partition coefficient (Wildman–Crippen LogP) is 2.43. The van der Waals surface area contributed by atoms with Gasteiger partial charge in [0, 0.05) is 23.6 Å². The van der Waals surface area contributed by atoms with E-state index in [1.165, 1.54) is 30.6 Å². The molecule has 6 heteroatoms. The van der Waals surface area contributed by atoms with E-state index in [2.05, 4.69) is 10.2 Å². The van der Waals surface area contributed by atoms with Crippen molar-refractivity contribution < 1.29 is 19.4 Å². The summed E-state index contributed by atoms with van der Waals surface area (Å²) in [5, 5.41) is 26.1. The Morgan fingerprint density at radius 3 is 2.55 bits per heavy atom. The van der Waals surface area contributed by atoms with Crippen molar-refractivity contribution >= 4 is 18.7 Å². The molecular weight excluding hydrogens is 287 g/mol. The van der Waals surface area contributed by atoms with E-state index in [9.17, 15) is 14.3 Å². The molecule has 0 aromatic heterocycles. The van der Waals surface area contributed by atoms with Gasteiger partial charge in [0.25, 0.3) is 0 Å². The molecule has 0 amide bonds. The Bertz CT molecular complexity index is 742. The Kier molecular flexibility index (Phi) is 4.98. The van der Waals surface area contributed by atoms with Crippen molar-refractivity contribution in [1.82, 2.24) is 0 Å². The molecule has 2 aromatic rings. The Morgan fingerprint density at radius 1 is 1.05 bits per heavy atom. The summed E-state index contributed by atoms with van der Waals surface area (Å²) in [4.78, 5) is 10.5. The third kappa shape index (κ3) is 3.99. The highest BCUT2D eigenvalue weighted by Gasteiger charge is 2.01. The molecule has 0 unspecified atom stereocenters. The van der Waals surface area contributed by atoms with Crippen LogP contribution >= 0.6 is 0 Å². The second-order valence-electron chi connectivity index (χ2n) is 4.45. The topological polar surface area (TPSA) is 82.2 Å². The normalized spacial score (nSPS) is 11.3. The van der Waals surface area contributed by atoms with Crippen molar-refractivity contribution in [2.45, 2.75) is 6.42 Å². The molecule has 0 heterocycles. The largest absolute Gasteiger partial charge is 0.508 e. The number of hydrogen-bond donors (Lipinski definition) is 2. The van der Waals surface area contributed by atoms with Gasteiger partial charge in [-0.2, -0.15) is 10.2 Å². The molecule has 5 nitrogen and oxygen atoms in total. The lowest BCUT2D eigenvalue weighted by Crippen LogP contribution is -1.90. The average molecular weight is 300 g/mol. The summed E-state index contributed by atoms with van der Waals surface area (Å²) in [6.45, 7) is 0. The van der Waals surface area contributed by atoms with E-state index < -0.39 is 5.82 Å². The fourth-order valence-electron chi connectivity index (χ4n) is 1.76. The first-order valence-electron chi connectivity index (χ1n) is 6.40. The molecule has 0 bridgehead atoms. The van der Waals surface area contributed by atoms with E-state index in [4.69, 9.17) is 5.11 Å². The fourth-order valence-corrected chi connectivity index (χ4v) is 1.76. The van der Waals surface area contributed by atoms with Crippen LogP contribution in [0.25, 0.3) is 0 Å². The highest BCUT2D eigenvalue weighted by atomic mass is 19.1. The maximum atomic E-state index is 13.4. The van der Waals surface area contributed by atoms with Crippen LogP contribution in [0.5, 0.6) is 11.5 Å². The molecule has 0 aliphatic rings. The van der Waals surface area contributed by atoms with Crippen LogP contribution in [0.1, 0.15) is 16.7 Å². The Balaban J connectivity index is 2.10. The number of phenols is 2. The molecule has 0 atom stereocenters. The third-order valence-corrected chi connectivity index (χ3v) is 2.86. The van der Waals surface area contributed by atoms with E-state index in [0.29, 0.717) is 17.4 Å². The Labute approximate surface area is 126 Å². The molecular formula is C16H13FN2O3. The van der Waals surface area contributed by atoms with E-state index in [-0.39, 0.29) is 23.5 Å². The summed E-state index contributed by atoms with van der Waals surface area (Å²) in [6, 6.07) is 8.40. The van der Waals surface area contributed by atoms with Crippen molar-refractivity contribution in [1.29, 1.82) is 0 Å². The summed E-state index contributed by atoms with van der Waals surface area (Å²) >= 11 is 0. The second-order valence-corrected chi connectivity index (χ2v) is 4.45. The standard InChI is InChI=1S/C16H13FN2O3/c17-15-8-14(21)3-2-13(15)10-19-18-9-11-1-4-16(22)12(7-11)5-6-20/h1-4,6-10,21-22H,5H2/b18-9+,19-10+. The van der Waals surface area contributed by atoms with Gasteiger partial charge in [0.15, 0.2) is 0 Å². The van der Waals surface area contributed by atoms with E-state index >= 15 is 0 Å². The number of benzene rings is 2. The van der Waals surface area contributed by atoms with Gasteiger partial charge in [-0.25, -0.2) is 4.39 Å². The fraction of sp³-hybridized carbons (Fsp3) is 0.0625. The first kappa shape index (κ1) is 15.4. The quantitative estimate of drug-likeness (QED) is 0.505. The summed E-state index contributed by atoms with van der Waals surface area (Å²) < 4.78 is 13.4. The van der Waals surface area contributed by atoms with Crippen LogP contribution < -0.4 is 0 Å². The Morgan fingerprint density at radius 2 is 1.82 bits per heavy atom. The van der Waals surface area contributed by atoms with Gasteiger partial charge in [0.2, 0.25) is 0 Å². The minimum Gasteiger partial charge on any atom is -0.508 e. The van der Waals surface area contributed by atoms with Crippen LogP contribution in [0.2, 0.25) is 0 Å². The lowest BCUT2D eigenvalue weighted by molar-refractivity contribution is -0.107. The third-order valence-electron chi connectivity index (χ3n) is 2.86. The molecule has 0 aliphatic carbocycles. The molecule has 0 spiro atoms. The first-order chi connectivity index (χ1) is 10.6. The van der Waals surface area contributed by atoms with Gasteiger partial charge in [-0.15, -0.1) is 0 Å². The van der Waals surface area contributed by atoms with Gasteiger partial charge in [-0.1, -0.05) is 0 Å². The predicted molar refractivity (Wildman–Crippen MR) is 81.1 cm³/mol. The molecule has 2 aromatic carbocycles. The number of rotatable bonds is 5. The summed E-state index contributed by atoms with van der Waals surface area (Å²) in [6.07, 6.45) is 3.44. The van der Waals surface area contributed by atoms with Crippen molar-refractivity contribution in [3.63, 3.8) is 0 Å². The lowest BCUT2D eigenvalue weighted by Gasteiger charge is -2.01. The van der Waals surface area contributed by atoms with Crippen LogP contribution in [0, 0.1) is 5.82 Å². The number of carbonyl (C=O) groups excluding carboxylic acids is 1. The summed E-state index contributed by atoms with van der Waals surface area (Å²) in [5.41, 5.74) is 1.34. The zero-order valence-electron chi connectivity index (χ0n) is 11.5. The number of carbonyl (C=O) groups is 1. The SMILES string of the molecule is O=CCc1cc(/C=N/N=C/c2ccc(O)cc2F)ccc1O. The van der Waals surface area contributed by atoms with Crippen molar-refractivity contribution in [3.8, 4) is 11.5 Å². The van der Waals surface area contributed by atoms with Gasteiger partial charge in [-0.05, 0) is 35.9 Å². The van der Waals surface area contributed by atoms with Crippen LogP contribution in [0.15, 0.2) is 46.6 Å². The molecule has 0 radical (unpaired) electrons. The average Bonchev–Trinajstić information content (AvgIpc) is 2.49. The second kappa shape index (κ2) is 7.12. The maximum Gasteiger partial charge on any atom is 0.135 e. The molecule has 0 fully saturated rings. The zero-order chi connectivity index (χ0) is 15.9. The number of aldehydes is 1. The van der Waals surface area contributed by atoms with Crippen LogP contribution in [-0.4, -0.2) is 28.9 Å². The van der Waals surface area contributed by atoms with E-state index in [0.717, 1.165) is 6.07 Å². The van der Waals surface area contributed by atoms with E-state index in [1.807, 2.05) is 0 Å². The highest BCUT2D eigenvalue weighted by Crippen LogP contribution is 2.17. The van der Waals surface area contributed by atoms with E-state index in [1.54, 1.807) is 12.1 Å². The molecule has 2 N–H and O–H groups in total. The van der Waals surface area contributed by atoms with Crippen molar-refractivity contribution in [3.05, 3.63) is 58.9 Å². The number of halogens is 1. The first-order valence-corrected chi connectivity index (χ1v) is 6.40. The molecule has 22 heavy (non-hydrogen) atoms. The number of hydrogen-bond acceptors (Lipinski definition) is 5. The van der Waals surface area contributed by atoms with Crippen molar-refractivity contribution in [2.24, 2.45) is 10.2 Å². The monoisotopic (exact) mass is 300 g/mol. The lowest BCUT2D eigenvalue weighted by atomic mass is 10.1. The summed E-state index contributed by atoms with van der Waals surface area (Å²) in [7, 11) is 0. The van der Waals surface area contributed by atoms with Gasteiger partial charge < -0.3 is 15.0 Å². The number of aromatic hydroxyl groups is 2. The zero-order valence-corrected chi connectivity index (χ0v) is 11.5. The molecule has 0 saturated carbocycles. The highest BCUT2D eigenvalue weighted by molar-refractivity contribution is 5.83. The minimum atomic E-state index is -0.600. The molecule has 0 saturated heterocycles. The van der Waals surface area contributed by atoms with Crippen LogP contribution in [0.4, 0.5) is 4.39 Å². The smallest absolute Gasteiger partial charge is 0.135 e. The van der Waals surface area contributed by atoms with Crippen molar-refractivity contribution in [2.75, 3.05) is 0 Å². The van der Waals surface area contributed by atoms with Gasteiger partial charge in [-0.3, -0.25) is 0 Å². The van der Waals surface area contributed by atoms with Crippen LogP contribution in [-0.2, 0) is 11.2 Å². The number of phenolic OH excluding ortho intramolecular Hbond substituents is 2. The molecule has 112 valence electrons. The van der Waals surface area contributed by atoms with Gasteiger partial charge in [0.1, 0.15) is 23.6 Å². The molecule has 0 aliphatic heterocycles. The number of nitrogens with zero attached hydrogens (tertiary/aromatic N) is 2. The van der Waals surface area contributed by atoms with Gasteiger partial charge in [0.05, 0.1) is 12.4 Å². The summed E-state index contributed by atoms with van der Waals surface area (Å²) in [5.74, 6) is -0.722.